The lowest BCUT2D eigenvalue weighted by Crippen LogP contribution is -2.07. The molecule has 0 aromatic heterocycles. The number of halogens is 1. The van der Waals surface area contributed by atoms with Crippen LogP contribution in [0.25, 0.3) is 0 Å². The molecule has 4 heteroatoms. The van der Waals surface area contributed by atoms with E-state index in [9.17, 15) is 0 Å². The molecular formula is C15H22ClNO2. The Hall–Kier alpha value is -0.770. The number of rotatable bonds is 8. The van der Waals surface area contributed by atoms with Crippen LogP contribution in [0.1, 0.15) is 30.9 Å². The van der Waals surface area contributed by atoms with Gasteiger partial charge < -0.3 is 15.2 Å². The van der Waals surface area contributed by atoms with Crippen molar-refractivity contribution < 1.29 is 9.47 Å². The van der Waals surface area contributed by atoms with Crippen LogP contribution >= 0.6 is 11.6 Å². The Morgan fingerprint density at radius 1 is 1.37 bits per heavy atom. The lowest BCUT2D eigenvalue weighted by molar-refractivity contribution is 0.111. The number of hydrogen-bond acceptors (Lipinski definition) is 3. The van der Waals surface area contributed by atoms with Crippen LogP contribution in [0.2, 0.25) is 5.02 Å². The first-order valence-corrected chi connectivity index (χ1v) is 7.34. The fourth-order valence-corrected chi connectivity index (χ4v) is 2.39. The molecule has 1 aliphatic rings. The van der Waals surface area contributed by atoms with E-state index in [1.165, 1.54) is 12.8 Å². The fourth-order valence-electron chi connectivity index (χ4n) is 2.07. The minimum Gasteiger partial charge on any atom is -0.492 e. The highest BCUT2D eigenvalue weighted by Crippen LogP contribution is 2.32. The van der Waals surface area contributed by atoms with Crippen molar-refractivity contribution in [2.24, 2.45) is 11.7 Å². The zero-order chi connectivity index (χ0) is 13.7. The van der Waals surface area contributed by atoms with Gasteiger partial charge in [-0.15, -0.1) is 0 Å². The summed E-state index contributed by atoms with van der Waals surface area (Å²) in [6.45, 7) is 4.62. The molecular weight excluding hydrogens is 262 g/mol. The van der Waals surface area contributed by atoms with Gasteiger partial charge in [0.1, 0.15) is 5.75 Å². The highest BCUT2D eigenvalue weighted by Gasteiger charge is 2.21. The first-order valence-electron chi connectivity index (χ1n) is 6.96. The van der Waals surface area contributed by atoms with Crippen LogP contribution in [0.3, 0.4) is 0 Å². The SMILES string of the molecule is CCOc1c(Cl)cc(COCC2CC2)cc1CCN. The molecule has 1 fully saturated rings. The Kier molecular flexibility index (Phi) is 5.49. The smallest absolute Gasteiger partial charge is 0.141 e. The van der Waals surface area contributed by atoms with Gasteiger partial charge in [-0.3, -0.25) is 0 Å². The summed E-state index contributed by atoms with van der Waals surface area (Å²) in [5, 5.41) is 0.651. The van der Waals surface area contributed by atoms with E-state index in [4.69, 9.17) is 26.8 Å². The summed E-state index contributed by atoms with van der Waals surface area (Å²) in [7, 11) is 0. The van der Waals surface area contributed by atoms with Crippen molar-refractivity contribution in [1.29, 1.82) is 0 Å². The van der Waals surface area contributed by atoms with Crippen molar-refractivity contribution in [2.75, 3.05) is 19.8 Å². The average Bonchev–Trinajstić information content (AvgIpc) is 3.18. The molecule has 2 rings (SSSR count). The highest BCUT2D eigenvalue weighted by atomic mass is 35.5. The van der Waals surface area contributed by atoms with Gasteiger partial charge in [-0.2, -0.15) is 0 Å². The quantitative estimate of drug-likeness (QED) is 0.797. The van der Waals surface area contributed by atoms with E-state index in [0.29, 0.717) is 24.8 Å². The Bertz CT molecular complexity index is 419. The van der Waals surface area contributed by atoms with Gasteiger partial charge in [0, 0.05) is 6.61 Å². The van der Waals surface area contributed by atoms with Gasteiger partial charge in [-0.25, -0.2) is 0 Å². The molecule has 0 atom stereocenters. The molecule has 0 saturated heterocycles. The molecule has 1 saturated carbocycles. The third-order valence-electron chi connectivity index (χ3n) is 3.20. The largest absolute Gasteiger partial charge is 0.492 e. The fraction of sp³-hybridized carbons (Fsp3) is 0.600. The normalized spacial score (nSPS) is 14.7. The van der Waals surface area contributed by atoms with Crippen LogP contribution in [0, 0.1) is 5.92 Å². The van der Waals surface area contributed by atoms with Gasteiger partial charge >= 0.3 is 0 Å². The predicted molar refractivity (Wildman–Crippen MR) is 77.8 cm³/mol. The first-order chi connectivity index (χ1) is 9.24. The van der Waals surface area contributed by atoms with Gasteiger partial charge in [-0.05, 0) is 61.9 Å². The maximum atomic E-state index is 6.28. The molecule has 1 aliphatic carbocycles. The van der Waals surface area contributed by atoms with Crippen molar-refractivity contribution in [3.63, 3.8) is 0 Å². The Balaban J connectivity index is 2.05. The maximum absolute atomic E-state index is 6.28. The van der Waals surface area contributed by atoms with Crippen LogP contribution in [-0.4, -0.2) is 19.8 Å². The molecule has 0 aliphatic heterocycles. The number of ether oxygens (including phenoxy) is 2. The number of hydrogen-bond donors (Lipinski definition) is 1. The van der Waals surface area contributed by atoms with Crippen LogP contribution in [0.4, 0.5) is 0 Å². The molecule has 0 spiro atoms. The van der Waals surface area contributed by atoms with E-state index in [2.05, 4.69) is 6.07 Å². The summed E-state index contributed by atoms with van der Waals surface area (Å²) in [6.07, 6.45) is 3.39. The number of nitrogens with two attached hydrogens (primary N) is 1. The predicted octanol–water partition coefficient (Wildman–Crippen LogP) is 3.17. The molecule has 106 valence electrons. The molecule has 3 nitrogen and oxygen atoms in total. The Morgan fingerprint density at radius 3 is 2.79 bits per heavy atom. The van der Waals surface area contributed by atoms with Gasteiger partial charge in [-0.1, -0.05) is 11.6 Å². The summed E-state index contributed by atoms with van der Waals surface area (Å²) in [5.41, 5.74) is 7.81. The molecule has 2 N–H and O–H groups in total. The topological polar surface area (TPSA) is 44.5 Å². The minimum absolute atomic E-state index is 0.586. The third kappa shape index (κ3) is 4.37. The molecule has 19 heavy (non-hydrogen) atoms. The number of benzene rings is 1. The zero-order valence-electron chi connectivity index (χ0n) is 11.5. The van der Waals surface area contributed by atoms with Crippen molar-refractivity contribution in [2.45, 2.75) is 32.8 Å². The van der Waals surface area contributed by atoms with E-state index < -0.39 is 0 Å². The Morgan fingerprint density at radius 2 is 2.16 bits per heavy atom. The second-order valence-electron chi connectivity index (χ2n) is 5.00. The summed E-state index contributed by atoms with van der Waals surface area (Å²) < 4.78 is 11.3. The van der Waals surface area contributed by atoms with Gasteiger partial charge in [0.2, 0.25) is 0 Å². The van der Waals surface area contributed by atoms with Crippen LogP contribution in [0.5, 0.6) is 5.75 Å². The van der Waals surface area contributed by atoms with Crippen molar-refractivity contribution in [1.82, 2.24) is 0 Å². The van der Waals surface area contributed by atoms with E-state index in [1.54, 1.807) is 0 Å². The van der Waals surface area contributed by atoms with Crippen molar-refractivity contribution in [3.8, 4) is 5.75 Å². The van der Waals surface area contributed by atoms with Crippen molar-refractivity contribution in [3.05, 3.63) is 28.3 Å². The van der Waals surface area contributed by atoms with E-state index in [0.717, 1.165) is 35.8 Å². The average molecular weight is 284 g/mol. The monoisotopic (exact) mass is 283 g/mol. The summed E-state index contributed by atoms with van der Waals surface area (Å²) in [6, 6.07) is 4.02. The van der Waals surface area contributed by atoms with Gasteiger partial charge in [0.15, 0.2) is 0 Å². The van der Waals surface area contributed by atoms with Gasteiger partial charge in [0.05, 0.1) is 18.2 Å². The lowest BCUT2D eigenvalue weighted by atomic mass is 10.1. The van der Waals surface area contributed by atoms with Crippen molar-refractivity contribution >= 4 is 11.6 Å². The second kappa shape index (κ2) is 7.13. The molecule has 0 bridgehead atoms. The molecule has 1 aromatic rings. The Labute approximate surface area is 120 Å². The summed E-state index contributed by atoms with van der Waals surface area (Å²) in [4.78, 5) is 0. The lowest BCUT2D eigenvalue weighted by Gasteiger charge is -2.14. The molecule has 0 amide bonds. The van der Waals surface area contributed by atoms with Crippen LogP contribution in [-0.2, 0) is 17.8 Å². The van der Waals surface area contributed by atoms with Crippen LogP contribution < -0.4 is 10.5 Å². The van der Waals surface area contributed by atoms with Crippen LogP contribution in [0.15, 0.2) is 12.1 Å². The molecule has 0 radical (unpaired) electrons. The van der Waals surface area contributed by atoms with E-state index >= 15 is 0 Å². The van der Waals surface area contributed by atoms with E-state index in [-0.39, 0.29) is 0 Å². The standard InChI is InChI=1S/C15H22ClNO2/c1-2-19-15-13(5-6-17)7-12(8-14(15)16)10-18-9-11-3-4-11/h7-8,11H,2-6,9-10,17H2,1H3. The van der Waals surface area contributed by atoms with Gasteiger partial charge in [0.25, 0.3) is 0 Å². The molecule has 0 unspecified atom stereocenters. The highest BCUT2D eigenvalue weighted by molar-refractivity contribution is 6.32. The zero-order valence-corrected chi connectivity index (χ0v) is 12.2. The molecule has 0 heterocycles. The second-order valence-corrected chi connectivity index (χ2v) is 5.40. The maximum Gasteiger partial charge on any atom is 0.141 e. The summed E-state index contributed by atoms with van der Waals surface area (Å²) >= 11 is 6.28. The minimum atomic E-state index is 0.586. The summed E-state index contributed by atoms with van der Waals surface area (Å²) in [5.74, 6) is 1.54. The third-order valence-corrected chi connectivity index (χ3v) is 3.48. The first kappa shape index (κ1) is 14.6. The molecule has 1 aromatic carbocycles. The van der Waals surface area contributed by atoms with E-state index in [1.807, 2.05) is 13.0 Å².